The summed E-state index contributed by atoms with van der Waals surface area (Å²) in [7, 11) is 0. The van der Waals surface area contributed by atoms with Crippen LogP contribution >= 0.6 is 0 Å². The summed E-state index contributed by atoms with van der Waals surface area (Å²) in [5, 5.41) is 3.91. The van der Waals surface area contributed by atoms with E-state index in [-0.39, 0.29) is 36.6 Å². The van der Waals surface area contributed by atoms with Crippen molar-refractivity contribution in [3.8, 4) is 0 Å². The van der Waals surface area contributed by atoms with E-state index in [4.69, 9.17) is 18.7 Å². The van der Waals surface area contributed by atoms with Crippen molar-refractivity contribution in [3.63, 3.8) is 0 Å². The summed E-state index contributed by atoms with van der Waals surface area (Å²) in [6, 6.07) is 5.97. The van der Waals surface area contributed by atoms with Gasteiger partial charge in [-0.2, -0.15) is 4.39 Å². The monoisotopic (exact) mass is 389 g/mol. The van der Waals surface area contributed by atoms with Crippen LogP contribution in [0.4, 0.5) is 19.4 Å². The molecule has 5 rings (SSSR count). The first-order chi connectivity index (χ1) is 13.6. The topological polar surface area (TPSA) is 86.9 Å². The third kappa shape index (κ3) is 2.53. The molecule has 1 unspecified atom stereocenters. The van der Waals surface area contributed by atoms with Crippen molar-refractivity contribution < 1.29 is 32.3 Å². The lowest BCUT2D eigenvalue weighted by Crippen LogP contribution is -2.28. The molecule has 2 aliphatic heterocycles. The van der Waals surface area contributed by atoms with Gasteiger partial charge in [-0.25, -0.2) is 14.1 Å². The van der Waals surface area contributed by atoms with Crippen LogP contribution in [0.2, 0.25) is 0 Å². The Morgan fingerprint density at radius 3 is 2.71 bits per heavy atom. The predicted molar refractivity (Wildman–Crippen MR) is 89.4 cm³/mol. The SMILES string of the molecule is O=C1OCC(c2ccccn2)N1c1noc2c(F)c(F)c(C3OCCO3)cc12. The van der Waals surface area contributed by atoms with Gasteiger partial charge in [0, 0.05) is 11.8 Å². The van der Waals surface area contributed by atoms with E-state index in [0.717, 1.165) is 0 Å². The molecular formula is C18H13F2N3O5. The zero-order valence-corrected chi connectivity index (χ0v) is 14.3. The van der Waals surface area contributed by atoms with Gasteiger partial charge in [-0.3, -0.25) is 4.98 Å². The molecule has 8 nitrogen and oxygen atoms in total. The van der Waals surface area contributed by atoms with Crippen molar-refractivity contribution in [1.82, 2.24) is 10.1 Å². The molecule has 10 heteroatoms. The zero-order chi connectivity index (χ0) is 19.3. The smallest absolute Gasteiger partial charge is 0.416 e. The molecule has 2 aliphatic rings. The lowest BCUT2D eigenvalue weighted by atomic mass is 10.1. The summed E-state index contributed by atoms with van der Waals surface area (Å²) in [6.07, 6.45) is -0.150. The Balaban J connectivity index is 1.65. The molecule has 0 radical (unpaired) electrons. The number of benzene rings is 1. The lowest BCUT2D eigenvalue weighted by molar-refractivity contribution is -0.0467. The Bertz CT molecular complexity index is 1050. The quantitative estimate of drug-likeness (QED) is 0.680. The van der Waals surface area contributed by atoms with Crippen molar-refractivity contribution in [2.24, 2.45) is 0 Å². The molecule has 4 heterocycles. The summed E-state index contributed by atoms with van der Waals surface area (Å²) < 4.78 is 49.7. The second-order valence-corrected chi connectivity index (χ2v) is 6.27. The number of halogens is 2. The summed E-state index contributed by atoms with van der Waals surface area (Å²) in [5.41, 5.74) is 0.0254. The summed E-state index contributed by atoms with van der Waals surface area (Å²) in [5.74, 6) is -2.37. The number of anilines is 1. The number of cyclic esters (lactones) is 1. The van der Waals surface area contributed by atoms with Gasteiger partial charge in [0.1, 0.15) is 12.6 Å². The lowest BCUT2D eigenvalue weighted by Gasteiger charge is -2.18. The molecule has 0 aliphatic carbocycles. The Hall–Kier alpha value is -3.11. The molecule has 2 saturated heterocycles. The van der Waals surface area contributed by atoms with Gasteiger partial charge in [-0.05, 0) is 18.2 Å². The fourth-order valence-corrected chi connectivity index (χ4v) is 3.35. The van der Waals surface area contributed by atoms with E-state index in [1.165, 1.54) is 11.0 Å². The van der Waals surface area contributed by atoms with Gasteiger partial charge in [0.15, 0.2) is 17.9 Å². The third-order valence-corrected chi connectivity index (χ3v) is 4.66. The first-order valence-electron chi connectivity index (χ1n) is 8.52. The highest BCUT2D eigenvalue weighted by atomic mass is 19.2. The molecule has 0 bridgehead atoms. The number of amides is 1. The fourth-order valence-electron chi connectivity index (χ4n) is 3.35. The summed E-state index contributed by atoms with van der Waals surface area (Å²) >= 11 is 0. The number of carbonyl (C=O) groups is 1. The van der Waals surface area contributed by atoms with E-state index in [9.17, 15) is 13.6 Å². The molecular weight excluding hydrogens is 376 g/mol. The molecule has 1 amide bonds. The van der Waals surface area contributed by atoms with Crippen LogP contribution in [-0.2, 0) is 14.2 Å². The van der Waals surface area contributed by atoms with Gasteiger partial charge in [0.2, 0.25) is 11.4 Å². The first-order valence-corrected chi connectivity index (χ1v) is 8.52. The predicted octanol–water partition coefficient (Wildman–Crippen LogP) is 3.24. The number of ether oxygens (including phenoxy) is 3. The van der Waals surface area contributed by atoms with Crippen LogP contribution in [0.1, 0.15) is 23.6 Å². The molecule has 0 spiro atoms. The van der Waals surface area contributed by atoms with E-state index < -0.39 is 35.6 Å². The van der Waals surface area contributed by atoms with Gasteiger partial charge in [0.25, 0.3) is 0 Å². The number of rotatable bonds is 3. The Morgan fingerprint density at radius 1 is 1.14 bits per heavy atom. The molecule has 2 fully saturated rings. The minimum Gasteiger partial charge on any atom is -0.446 e. The van der Waals surface area contributed by atoms with Crippen molar-refractivity contribution in [1.29, 1.82) is 0 Å². The normalized spacial score (nSPS) is 20.3. The van der Waals surface area contributed by atoms with Crippen LogP contribution in [-0.4, -0.2) is 36.1 Å². The fraction of sp³-hybridized carbons (Fsp3) is 0.278. The second kappa shape index (κ2) is 6.50. The minimum atomic E-state index is -1.23. The summed E-state index contributed by atoms with van der Waals surface area (Å²) in [4.78, 5) is 17.8. The first kappa shape index (κ1) is 17.0. The van der Waals surface area contributed by atoms with Crippen LogP contribution in [0.5, 0.6) is 0 Å². The van der Waals surface area contributed by atoms with Crippen molar-refractivity contribution in [2.75, 3.05) is 24.7 Å². The highest BCUT2D eigenvalue weighted by Crippen LogP contribution is 2.39. The zero-order valence-electron chi connectivity index (χ0n) is 14.3. The van der Waals surface area contributed by atoms with E-state index in [2.05, 4.69) is 10.1 Å². The minimum absolute atomic E-state index is 0.00583. The van der Waals surface area contributed by atoms with Crippen LogP contribution in [0, 0.1) is 11.6 Å². The van der Waals surface area contributed by atoms with E-state index >= 15 is 0 Å². The van der Waals surface area contributed by atoms with E-state index in [1.807, 2.05) is 0 Å². The number of pyridine rings is 1. The highest BCUT2D eigenvalue weighted by molar-refractivity contribution is 5.99. The van der Waals surface area contributed by atoms with Crippen molar-refractivity contribution in [2.45, 2.75) is 12.3 Å². The number of aromatic nitrogens is 2. The molecule has 2 aromatic heterocycles. The molecule has 144 valence electrons. The maximum absolute atomic E-state index is 14.6. The molecule has 0 N–H and O–H groups in total. The number of carbonyl (C=O) groups excluding carboxylic acids is 1. The molecule has 3 aromatic rings. The molecule has 0 saturated carbocycles. The second-order valence-electron chi connectivity index (χ2n) is 6.27. The van der Waals surface area contributed by atoms with Gasteiger partial charge in [-0.15, -0.1) is 0 Å². The number of hydrogen-bond donors (Lipinski definition) is 0. The Kier molecular flexibility index (Phi) is 3.95. The number of nitrogens with zero attached hydrogens (tertiary/aromatic N) is 3. The largest absolute Gasteiger partial charge is 0.446 e. The Labute approximate surface area is 156 Å². The van der Waals surface area contributed by atoms with Gasteiger partial charge in [-0.1, -0.05) is 11.2 Å². The third-order valence-electron chi connectivity index (χ3n) is 4.66. The van der Waals surface area contributed by atoms with Crippen molar-refractivity contribution >= 4 is 22.9 Å². The highest BCUT2D eigenvalue weighted by Gasteiger charge is 2.40. The van der Waals surface area contributed by atoms with Gasteiger partial charge < -0.3 is 18.7 Å². The van der Waals surface area contributed by atoms with Crippen LogP contribution in [0.15, 0.2) is 35.0 Å². The number of hydrogen-bond acceptors (Lipinski definition) is 7. The maximum Gasteiger partial charge on any atom is 0.416 e. The van der Waals surface area contributed by atoms with Crippen molar-refractivity contribution in [3.05, 3.63) is 53.4 Å². The van der Waals surface area contributed by atoms with Gasteiger partial charge in [0.05, 0.1) is 24.3 Å². The van der Waals surface area contributed by atoms with Gasteiger partial charge >= 0.3 is 6.09 Å². The molecule has 1 atom stereocenters. The van der Waals surface area contributed by atoms with Crippen LogP contribution in [0.3, 0.4) is 0 Å². The number of fused-ring (bicyclic) bond motifs is 1. The average molecular weight is 389 g/mol. The van der Waals surface area contributed by atoms with E-state index in [1.54, 1.807) is 24.4 Å². The van der Waals surface area contributed by atoms with Crippen LogP contribution < -0.4 is 4.90 Å². The van der Waals surface area contributed by atoms with E-state index in [0.29, 0.717) is 5.69 Å². The maximum atomic E-state index is 14.6. The summed E-state index contributed by atoms with van der Waals surface area (Å²) in [6.45, 7) is 0.566. The molecule has 28 heavy (non-hydrogen) atoms. The molecule has 1 aromatic carbocycles. The van der Waals surface area contributed by atoms with Crippen LogP contribution in [0.25, 0.3) is 11.0 Å². The average Bonchev–Trinajstić information content (AvgIpc) is 3.45. The Morgan fingerprint density at radius 2 is 1.96 bits per heavy atom. The standard InChI is InChI=1S/C18H13F2N3O5/c19-13-9(17-25-5-6-26-17)7-10-15(14(13)20)28-22-16(10)23-12(8-27-18(23)24)11-3-1-2-4-21-11/h1-4,7,12,17H,5-6,8H2.